The Kier molecular flexibility index (Phi) is 3.87. The number of hydrogen-bond acceptors (Lipinski definition) is 5. The van der Waals surface area contributed by atoms with Crippen LogP contribution >= 0.6 is 38.9 Å². The van der Waals surface area contributed by atoms with E-state index in [-0.39, 0.29) is 16.7 Å². The lowest BCUT2D eigenvalue weighted by Crippen LogP contribution is -2.27. The Hall–Kier alpha value is -0.870. The molecule has 0 radical (unpaired) electrons. The highest BCUT2D eigenvalue weighted by Gasteiger charge is 2.29. The molecule has 0 atom stereocenters. The van der Waals surface area contributed by atoms with Crippen molar-refractivity contribution in [2.24, 2.45) is 0 Å². The molecule has 10 heteroatoms. The lowest BCUT2D eigenvalue weighted by Gasteiger charge is -2.15. The Bertz CT molecular complexity index is 899. The van der Waals surface area contributed by atoms with Crippen molar-refractivity contribution in [2.45, 2.75) is 11.6 Å². The third-order valence-corrected chi connectivity index (χ3v) is 6.23. The van der Waals surface area contributed by atoms with Crippen molar-refractivity contribution >= 4 is 53.9 Å². The summed E-state index contributed by atoms with van der Waals surface area (Å²) in [5, 5.41) is 1.68. The van der Waals surface area contributed by atoms with Gasteiger partial charge in [-0.1, -0.05) is 11.6 Å². The van der Waals surface area contributed by atoms with E-state index in [1.165, 1.54) is 27.1 Å². The fraction of sp³-hybridized carbons (Fsp3) is 0.182. The van der Waals surface area contributed by atoms with Gasteiger partial charge < -0.3 is 4.42 Å². The molecule has 0 unspecified atom stereocenters. The van der Waals surface area contributed by atoms with E-state index in [4.69, 9.17) is 16.0 Å². The van der Waals surface area contributed by atoms with E-state index in [0.29, 0.717) is 15.4 Å². The van der Waals surface area contributed by atoms with Crippen LogP contribution < -0.4 is 0 Å². The van der Waals surface area contributed by atoms with Crippen LogP contribution in [0.25, 0.3) is 4.96 Å². The summed E-state index contributed by atoms with van der Waals surface area (Å²) >= 11 is 10.5. The van der Waals surface area contributed by atoms with Crippen LogP contribution in [0.3, 0.4) is 0 Å². The van der Waals surface area contributed by atoms with Crippen molar-refractivity contribution in [3.8, 4) is 0 Å². The van der Waals surface area contributed by atoms with Gasteiger partial charge in [0.1, 0.15) is 5.76 Å². The van der Waals surface area contributed by atoms with E-state index in [2.05, 4.69) is 20.9 Å². The fourth-order valence-electron chi connectivity index (χ4n) is 1.86. The minimum absolute atomic E-state index is 0.0330. The number of nitrogens with zero attached hydrogens (tertiary/aromatic N) is 3. The van der Waals surface area contributed by atoms with Gasteiger partial charge in [0.2, 0.25) is 0 Å². The summed E-state index contributed by atoms with van der Waals surface area (Å²) in [6.45, 7) is 0.0988. The van der Waals surface area contributed by atoms with E-state index in [1.54, 1.807) is 23.7 Å². The van der Waals surface area contributed by atoms with Gasteiger partial charge in [-0.05, 0) is 28.1 Å². The summed E-state index contributed by atoms with van der Waals surface area (Å²) in [5.41, 5.74) is 0. The van der Waals surface area contributed by atoms with Crippen molar-refractivity contribution in [1.29, 1.82) is 0 Å². The maximum Gasteiger partial charge on any atom is 0.262 e. The van der Waals surface area contributed by atoms with E-state index < -0.39 is 10.0 Å². The van der Waals surface area contributed by atoms with Gasteiger partial charge in [0, 0.05) is 18.6 Å². The number of rotatable bonds is 4. The zero-order valence-corrected chi connectivity index (χ0v) is 14.6. The Morgan fingerprint density at radius 3 is 2.95 bits per heavy atom. The second-order valence-corrected chi connectivity index (χ2v) is 8.20. The van der Waals surface area contributed by atoms with Crippen molar-refractivity contribution in [1.82, 2.24) is 13.7 Å². The monoisotopic (exact) mass is 409 g/mol. The molecule has 6 nitrogen and oxygen atoms in total. The normalized spacial score (nSPS) is 12.6. The maximum atomic E-state index is 12.7. The lowest BCUT2D eigenvalue weighted by molar-refractivity contribution is 0.397. The summed E-state index contributed by atoms with van der Waals surface area (Å²) in [6.07, 6.45) is 1.63. The summed E-state index contributed by atoms with van der Waals surface area (Å²) in [4.78, 5) is 4.58. The molecule has 0 amide bonds. The largest absolute Gasteiger partial charge is 0.453 e. The highest BCUT2D eigenvalue weighted by Crippen LogP contribution is 2.28. The first kappa shape index (κ1) is 15.0. The number of aromatic nitrogens is 2. The number of halogens is 2. The van der Waals surface area contributed by atoms with Gasteiger partial charge in [-0.15, -0.1) is 11.3 Å². The number of imidazole rings is 1. The quantitative estimate of drug-likeness (QED) is 0.662. The predicted octanol–water partition coefficient (Wildman–Crippen LogP) is 3.23. The first-order valence-electron chi connectivity index (χ1n) is 5.71. The Morgan fingerprint density at radius 1 is 1.52 bits per heavy atom. The molecule has 0 aliphatic heterocycles. The molecule has 112 valence electrons. The lowest BCUT2D eigenvalue weighted by atomic mass is 10.4. The Balaban J connectivity index is 1.99. The van der Waals surface area contributed by atoms with Crippen molar-refractivity contribution in [2.75, 3.05) is 7.05 Å². The topological polar surface area (TPSA) is 67.8 Å². The molecular formula is C11H9BrClN3O3S2. The van der Waals surface area contributed by atoms with Gasteiger partial charge in [-0.2, -0.15) is 4.31 Å². The summed E-state index contributed by atoms with van der Waals surface area (Å²) < 4.78 is 33.9. The van der Waals surface area contributed by atoms with Crippen LogP contribution in [0.4, 0.5) is 0 Å². The van der Waals surface area contributed by atoms with Gasteiger partial charge in [-0.3, -0.25) is 4.40 Å². The van der Waals surface area contributed by atoms with Crippen LogP contribution in [0.2, 0.25) is 5.15 Å². The summed E-state index contributed by atoms with van der Waals surface area (Å²) in [5.74, 6) is 0.523. The van der Waals surface area contributed by atoms with Crippen LogP contribution in [0.5, 0.6) is 0 Å². The molecule has 0 aliphatic carbocycles. The third-order valence-electron chi connectivity index (χ3n) is 2.84. The van der Waals surface area contributed by atoms with Gasteiger partial charge in [-0.25, -0.2) is 13.4 Å². The average molecular weight is 411 g/mol. The number of sulfonamides is 1. The molecule has 0 fully saturated rings. The zero-order chi connectivity index (χ0) is 15.2. The first-order chi connectivity index (χ1) is 9.89. The van der Waals surface area contributed by atoms with E-state index >= 15 is 0 Å². The average Bonchev–Trinajstić information content (AvgIpc) is 3.05. The highest BCUT2D eigenvalue weighted by molar-refractivity contribution is 9.10. The van der Waals surface area contributed by atoms with E-state index in [9.17, 15) is 8.42 Å². The summed E-state index contributed by atoms with van der Waals surface area (Å²) in [6, 6.07) is 3.41. The molecule has 3 heterocycles. The maximum absolute atomic E-state index is 12.7. The third kappa shape index (κ3) is 2.64. The van der Waals surface area contributed by atoms with Gasteiger partial charge in [0.25, 0.3) is 10.0 Å². The molecule has 0 saturated carbocycles. The second-order valence-electron chi connectivity index (χ2n) is 4.23. The van der Waals surface area contributed by atoms with Crippen LogP contribution in [-0.2, 0) is 16.6 Å². The van der Waals surface area contributed by atoms with Crippen LogP contribution in [0.1, 0.15) is 5.76 Å². The molecule has 3 aromatic rings. The van der Waals surface area contributed by atoms with Gasteiger partial charge in [0.15, 0.2) is 19.8 Å². The Morgan fingerprint density at radius 2 is 2.29 bits per heavy atom. The second kappa shape index (κ2) is 5.40. The number of furan rings is 1. The number of fused-ring (bicyclic) bond motifs is 1. The molecular weight excluding hydrogens is 402 g/mol. The SMILES string of the molecule is CN(Cc1ccc(Br)o1)S(=O)(=O)c1c(Cl)nc2sccn12. The minimum Gasteiger partial charge on any atom is -0.453 e. The smallest absolute Gasteiger partial charge is 0.262 e. The van der Waals surface area contributed by atoms with Crippen molar-refractivity contribution in [3.63, 3.8) is 0 Å². The molecule has 0 aromatic carbocycles. The molecule has 3 aromatic heterocycles. The minimum atomic E-state index is -3.78. The van der Waals surface area contributed by atoms with Crippen molar-refractivity contribution in [3.05, 3.63) is 39.3 Å². The fourth-order valence-corrected chi connectivity index (χ4v) is 4.73. The Labute approximate surface area is 138 Å². The summed E-state index contributed by atoms with van der Waals surface area (Å²) in [7, 11) is -2.31. The van der Waals surface area contributed by atoms with E-state index in [0.717, 1.165) is 0 Å². The van der Waals surface area contributed by atoms with Crippen LogP contribution in [-0.4, -0.2) is 29.2 Å². The van der Waals surface area contributed by atoms with Gasteiger partial charge >= 0.3 is 0 Å². The van der Waals surface area contributed by atoms with Crippen LogP contribution in [0.15, 0.2) is 37.8 Å². The standard InChI is InChI=1S/C11H9BrClN3O3S2/c1-15(6-7-2-3-8(12)19-7)21(17,18)10-9(13)14-11-16(10)4-5-20-11/h2-5H,6H2,1H3. The van der Waals surface area contributed by atoms with Gasteiger partial charge in [0.05, 0.1) is 6.54 Å². The zero-order valence-electron chi connectivity index (χ0n) is 10.7. The highest BCUT2D eigenvalue weighted by atomic mass is 79.9. The van der Waals surface area contributed by atoms with E-state index in [1.807, 2.05) is 0 Å². The molecule has 0 bridgehead atoms. The number of hydrogen-bond donors (Lipinski definition) is 0. The molecule has 21 heavy (non-hydrogen) atoms. The molecule has 0 spiro atoms. The first-order valence-corrected chi connectivity index (χ1v) is 9.20. The molecule has 0 N–H and O–H groups in total. The molecule has 0 saturated heterocycles. The predicted molar refractivity (Wildman–Crippen MR) is 83.1 cm³/mol. The van der Waals surface area contributed by atoms with Crippen LogP contribution in [0, 0.1) is 0 Å². The molecule has 0 aliphatic rings. The molecule has 3 rings (SSSR count). The van der Waals surface area contributed by atoms with Crippen molar-refractivity contribution < 1.29 is 12.8 Å². The number of thiazole rings is 1.